The minimum absolute atomic E-state index is 0. The average Bonchev–Trinajstić information content (AvgIpc) is 2.68. The maximum atomic E-state index is 10.4. The van der Waals surface area contributed by atoms with Crippen LogP contribution in [0.4, 0.5) is 0 Å². The highest BCUT2D eigenvalue weighted by Gasteiger charge is 2.13. The van der Waals surface area contributed by atoms with E-state index in [0.717, 1.165) is 0 Å². The molecule has 15 heavy (non-hydrogen) atoms. The van der Waals surface area contributed by atoms with E-state index in [1.807, 2.05) is 6.07 Å². The van der Waals surface area contributed by atoms with E-state index in [9.17, 15) is 4.79 Å². The molecule has 0 aliphatic heterocycles. The smallest absolute Gasteiger partial charge is 0.393 e. The van der Waals surface area contributed by atoms with E-state index in [-0.39, 0.29) is 18.3 Å². The molecule has 0 aliphatic rings. The van der Waals surface area contributed by atoms with Crippen LogP contribution in [-0.2, 0) is 0 Å². The normalized spacial score (nSPS) is 9.33. The zero-order chi connectivity index (χ0) is 9.97. The van der Waals surface area contributed by atoms with Gasteiger partial charge in [-0.05, 0) is 12.1 Å². The van der Waals surface area contributed by atoms with Crippen molar-refractivity contribution in [3.8, 4) is 11.5 Å². The second-order valence-electron chi connectivity index (χ2n) is 2.58. The Hall–Kier alpha value is -1.88. The Morgan fingerprint density at radius 1 is 1.20 bits per heavy atom. The number of halogens is 1. The minimum Gasteiger partial charge on any atom is -0.474 e. The number of carbonyl (C=O) groups is 1. The molecule has 78 valence electrons. The Balaban J connectivity index is 0.00000112. The number of rotatable bonds is 2. The van der Waals surface area contributed by atoms with E-state index in [0.29, 0.717) is 5.56 Å². The van der Waals surface area contributed by atoms with Crippen molar-refractivity contribution in [2.24, 2.45) is 0 Å². The number of hydrogen-bond acceptors (Lipinski definition) is 4. The fourth-order valence-electron chi connectivity index (χ4n) is 1.01. The standard InChI is InChI=1S/C9H6N2O3.ClH/c12-9(13)8-11-10-7(14-8)6-4-2-1-3-5-6;/h1-5H,(H,12,13);1H. The van der Waals surface area contributed by atoms with Crippen LogP contribution in [0.5, 0.6) is 0 Å². The summed E-state index contributed by atoms with van der Waals surface area (Å²) in [4.78, 5) is 10.4. The molecule has 0 unspecified atom stereocenters. The first-order valence-electron chi connectivity index (χ1n) is 3.89. The van der Waals surface area contributed by atoms with Gasteiger partial charge in [-0.1, -0.05) is 18.2 Å². The van der Waals surface area contributed by atoms with Crippen molar-refractivity contribution >= 4 is 18.4 Å². The molecule has 1 heterocycles. The van der Waals surface area contributed by atoms with Gasteiger partial charge in [0.15, 0.2) is 0 Å². The molecule has 2 aromatic rings. The molecule has 2 rings (SSSR count). The maximum Gasteiger partial charge on any atom is 0.393 e. The van der Waals surface area contributed by atoms with E-state index in [1.165, 1.54) is 0 Å². The molecule has 0 saturated carbocycles. The lowest BCUT2D eigenvalue weighted by Gasteiger charge is -1.90. The van der Waals surface area contributed by atoms with Crippen molar-refractivity contribution in [1.29, 1.82) is 0 Å². The number of benzene rings is 1. The van der Waals surface area contributed by atoms with Gasteiger partial charge in [0.05, 0.1) is 0 Å². The topological polar surface area (TPSA) is 76.2 Å². The van der Waals surface area contributed by atoms with Crippen LogP contribution in [0.25, 0.3) is 11.5 Å². The van der Waals surface area contributed by atoms with Gasteiger partial charge in [-0.3, -0.25) is 0 Å². The molecule has 0 fully saturated rings. The summed E-state index contributed by atoms with van der Waals surface area (Å²) < 4.78 is 4.91. The number of nitrogens with zero attached hydrogens (tertiary/aromatic N) is 2. The van der Waals surface area contributed by atoms with Crippen molar-refractivity contribution in [1.82, 2.24) is 10.2 Å². The first kappa shape index (κ1) is 11.2. The summed E-state index contributed by atoms with van der Waals surface area (Å²) >= 11 is 0. The van der Waals surface area contributed by atoms with Crippen molar-refractivity contribution in [3.63, 3.8) is 0 Å². The summed E-state index contributed by atoms with van der Waals surface area (Å²) in [7, 11) is 0. The van der Waals surface area contributed by atoms with Crippen LogP contribution >= 0.6 is 12.4 Å². The highest BCUT2D eigenvalue weighted by atomic mass is 35.5. The summed E-state index contributed by atoms with van der Waals surface area (Å²) in [6, 6.07) is 8.98. The summed E-state index contributed by atoms with van der Waals surface area (Å²) in [6.45, 7) is 0. The van der Waals surface area contributed by atoms with E-state index in [1.54, 1.807) is 24.3 Å². The quantitative estimate of drug-likeness (QED) is 0.846. The number of hydrogen-bond donors (Lipinski definition) is 1. The Kier molecular flexibility index (Phi) is 3.41. The SMILES string of the molecule is Cl.O=C(O)c1nnc(-c2ccccc2)o1. The van der Waals surface area contributed by atoms with Crippen LogP contribution < -0.4 is 0 Å². The third-order valence-electron chi connectivity index (χ3n) is 1.63. The van der Waals surface area contributed by atoms with Gasteiger partial charge < -0.3 is 9.52 Å². The summed E-state index contributed by atoms with van der Waals surface area (Å²) in [5.74, 6) is -1.41. The predicted octanol–water partition coefficient (Wildman–Crippen LogP) is 1.86. The summed E-state index contributed by atoms with van der Waals surface area (Å²) in [5, 5.41) is 15.5. The lowest BCUT2D eigenvalue weighted by atomic mass is 10.2. The van der Waals surface area contributed by atoms with Gasteiger partial charge in [-0.25, -0.2) is 4.79 Å². The predicted molar refractivity (Wildman–Crippen MR) is 53.9 cm³/mol. The molecule has 0 bridgehead atoms. The Bertz CT molecular complexity index is 455. The summed E-state index contributed by atoms with van der Waals surface area (Å²) in [6.07, 6.45) is 0. The number of carboxylic acids is 1. The average molecular weight is 227 g/mol. The molecule has 1 aromatic carbocycles. The maximum absolute atomic E-state index is 10.4. The molecule has 0 atom stereocenters. The molecule has 0 aliphatic carbocycles. The van der Waals surface area contributed by atoms with Crippen LogP contribution in [0.3, 0.4) is 0 Å². The molecule has 0 spiro atoms. The van der Waals surface area contributed by atoms with Gasteiger partial charge in [-0.2, -0.15) is 0 Å². The van der Waals surface area contributed by atoms with Gasteiger partial charge in [0.1, 0.15) is 0 Å². The van der Waals surface area contributed by atoms with Crippen LogP contribution in [0.2, 0.25) is 0 Å². The fraction of sp³-hybridized carbons (Fsp3) is 0. The molecular weight excluding hydrogens is 220 g/mol. The Labute approximate surface area is 91.2 Å². The van der Waals surface area contributed by atoms with Crippen molar-refractivity contribution < 1.29 is 14.3 Å². The molecule has 0 amide bonds. The molecule has 1 N–H and O–H groups in total. The lowest BCUT2D eigenvalue weighted by Crippen LogP contribution is -1.95. The van der Waals surface area contributed by atoms with E-state index < -0.39 is 11.9 Å². The van der Waals surface area contributed by atoms with Crippen LogP contribution in [-0.4, -0.2) is 21.3 Å². The Morgan fingerprint density at radius 3 is 2.40 bits per heavy atom. The van der Waals surface area contributed by atoms with Gasteiger partial charge in [-0.15, -0.1) is 22.6 Å². The lowest BCUT2D eigenvalue weighted by molar-refractivity contribution is 0.0654. The largest absolute Gasteiger partial charge is 0.474 e. The highest BCUT2D eigenvalue weighted by Crippen LogP contribution is 2.16. The van der Waals surface area contributed by atoms with Gasteiger partial charge in [0.25, 0.3) is 0 Å². The third-order valence-corrected chi connectivity index (χ3v) is 1.63. The highest BCUT2D eigenvalue weighted by molar-refractivity contribution is 5.85. The Morgan fingerprint density at radius 2 is 1.87 bits per heavy atom. The second kappa shape index (κ2) is 4.56. The molecule has 6 heteroatoms. The molecule has 0 radical (unpaired) electrons. The first-order chi connectivity index (χ1) is 6.77. The van der Waals surface area contributed by atoms with Gasteiger partial charge in [0, 0.05) is 5.56 Å². The molecular formula is C9H7ClN2O3. The zero-order valence-corrected chi connectivity index (χ0v) is 8.27. The van der Waals surface area contributed by atoms with Crippen LogP contribution in [0.1, 0.15) is 10.7 Å². The van der Waals surface area contributed by atoms with E-state index >= 15 is 0 Å². The first-order valence-corrected chi connectivity index (χ1v) is 3.89. The molecule has 1 aromatic heterocycles. The number of aromatic nitrogens is 2. The molecule has 0 saturated heterocycles. The fourth-order valence-corrected chi connectivity index (χ4v) is 1.01. The molecule has 5 nitrogen and oxygen atoms in total. The van der Waals surface area contributed by atoms with Gasteiger partial charge in [0.2, 0.25) is 5.89 Å². The van der Waals surface area contributed by atoms with E-state index in [2.05, 4.69) is 10.2 Å². The van der Waals surface area contributed by atoms with Crippen molar-refractivity contribution in [2.75, 3.05) is 0 Å². The second-order valence-corrected chi connectivity index (χ2v) is 2.58. The van der Waals surface area contributed by atoms with Crippen LogP contribution in [0.15, 0.2) is 34.7 Å². The minimum atomic E-state index is -1.22. The van der Waals surface area contributed by atoms with Gasteiger partial charge >= 0.3 is 11.9 Å². The third kappa shape index (κ3) is 2.32. The number of aromatic carboxylic acids is 1. The monoisotopic (exact) mass is 226 g/mol. The van der Waals surface area contributed by atoms with Crippen molar-refractivity contribution in [2.45, 2.75) is 0 Å². The van der Waals surface area contributed by atoms with Crippen molar-refractivity contribution in [3.05, 3.63) is 36.2 Å². The van der Waals surface area contributed by atoms with E-state index in [4.69, 9.17) is 9.52 Å². The zero-order valence-electron chi connectivity index (χ0n) is 7.45. The summed E-state index contributed by atoms with van der Waals surface area (Å²) in [5.41, 5.74) is 0.701. The number of carboxylic acid groups (broad SMARTS) is 1. The van der Waals surface area contributed by atoms with Crippen LogP contribution in [0, 0.1) is 0 Å².